The van der Waals surface area contributed by atoms with Crippen LogP contribution < -0.4 is 0 Å². The highest BCUT2D eigenvalue weighted by Crippen LogP contribution is 2.05. The number of allylic oxidation sites excluding steroid dienone is 1. The average Bonchev–Trinajstić information content (AvgIpc) is 2.26. The first-order chi connectivity index (χ1) is 7.41. The van der Waals surface area contributed by atoms with E-state index in [0.717, 1.165) is 13.0 Å². The average molecular weight is 214 g/mol. The van der Waals surface area contributed by atoms with Crippen LogP contribution in [0.2, 0.25) is 0 Å². The van der Waals surface area contributed by atoms with Crippen LogP contribution in [0.4, 0.5) is 0 Å². The maximum atomic E-state index is 5.17. The third-order valence-corrected chi connectivity index (χ3v) is 2.27. The molecule has 0 aliphatic carbocycles. The second kappa shape index (κ2) is 13.7. The van der Waals surface area contributed by atoms with Gasteiger partial charge in [0, 0.05) is 7.11 Å². The third kappa shape index (κ3) is 13.7. The second-order valence-corrected chi connectivity index (χ2v) is 3.78. The molecule has 0 rings (SSSR count). The maximum Gasteiger partial charge on any atom is 0.146 e. The molecule has 2 nitrogen and oxygen atoms in total. The van der Waals surface area contributed by atoms with Crippen molar-refractivity contribution < 1.29 is 9.47 Å². The SMILES string of the molecule is CCCCCCC/C=C\CCOCOC. The van der Waals surface area contributed by atoms with E-state index in [9.17, 15) is 0 Å². The van der Waals surface area contributed by atoms with Gasteiger partial charge in [-0.05, 0) is 19.3 Å². The van der Waals surface area contributed by atoms with E-state index in [4.69, 9.17) is 9.47 Å². The quantitative estimate of drug-likeness (QED) is 0.295. The van der Waals surface area contributed by atoms with Crippen molar-refractivity contribution >= 4 is 0 Å². The largest absolute Gasteiger partial charge is 0.359 e. The molecule has 0 aliphatic heterocycles. The van der Waals surface area contributed by atoms with Crippen LogP contribution in [0, 0.1) is 0 Å². The van der Waals surface area contributed by atoms with Gasteiger partial charge in [-0.25, -0.2) is 0 Å². The number of ether oxygens (including phenoxy) is 2. The summed E-state index contributed by atoms with van der Waals surface area (Å²) in [5.41, 5.74) is 0. The summed E-state index contributed by atoms with van der Waals surface area (Å²) in [6.07, 6.45) is 13.5. The third-order valence-electron chi connectivity index (χ3n) is 2.27. The van der Waals surface area contributed by atoms with Crippen molar-refractivity contribution in [2.45, 2.75) is 51.9 Å². The summed E-state index contributed by atoms with van der Waals surface area (Å²) in [6.45, 7) is 3.42. The Morgan fingerprint density at radius 3 is 2.40 bits per heavy atom. The van der Waals surface area contributed by atoms with Crippen LogP contribution in [-0.4, -0.2) is 20.5 Å². The first-order valence-corrected chi connectivity index (χ1v) is 6.13. The van der Waals surface area contributed by atoms with Crippen molar-refractivity contribution in [3.8, 4) is 0 Å². The first-order valence-electron chi connectivity index (χ1n) is 6.13. The Hall–Kier alpha value is -0.340. The predicted octanol–water partition coefficient (Wildman–Crippen LogP) is 3.91. The van der Waals surface area contributed by atoms with Gasteiger partial charge in [-0.3, -0.25) is 0 Å². The molecule has 0 spiro atoms. The molecule has 15 heavy (non-hydrogen) atoms. The van der Waals surface area contributed by atoms with E-state index in [-0.39, 0.29) is 0 Å². The molecule has 0 amide bonds. The lowest BCUT2D eigenvalue weighted by molar-refractivity contribution is -0.0285. The van der Waals surface area contributed by atoms with E-state index in [2.05, 4.69) is 19.1 Å². The molecule has 0 N–H and O–H groups in total. The van der Waals surface area contributed by atoms with E-state index in [0.29, 0.717) is 6.79 Å². The summed E-state index contributed by atoms with van der Waals surface area (Å²) in [5, 5.41) is 0. The van der Waals surface area contributed by atoms with Crippen molar-refractivity contribution in [1.82, 2.24) is 0 Å². The molecule has 0 fully saturated rings. The zero-order valence-corrected chi connectivity index (χ0v) is 10.3. The molecule has 0 unspecified atom stereocenters. The number of methoxy groups -OCH3 is 1. The molecular weight excluding hydrogens is 188 g/mol. The van der Waals surface area contributed by atoms with Crippen LogP contribution in [0.5, 0.6) is 0 Å². The Bertz CT molecular complexity index is 132. The van der Waals surface area contributed by atoms with E-state index in [1.54, 1.807) is 7.11 Å². The minimum atomic E-state index is 0.408. The van der Waals surface area contributed by atoms with Crippen molar-refractivity contribution in [3.05, 3.63) is 12.2 Å². The Morgan fingerprint density at radius 1 is 0.933 bits per heavy atom. The topological polar surface area (TPSA) is 18.5 Å². The molecule has 0 aromatic heterocycles. The number of rotatable bonds is 11. The van der Waals surface area contributed by atoms with Gasteiger partial charge in [-0.1, -0.05) is 44.8 Å². The van der Waals surface area contributed by atoms with Gasteiger partial charge in [0.25, 0.3) is 0 Å². The summed E-state index contributed by atoms with van der Waals surface area (Å²) >= 11 is 0. The van der Waals surface area contributed by atoms with Crippen LogP contribution in [0.25, 0.3) is 0 Å². The zero-order chi connectivity index (χ0) is 11.2. The van der Waals surface area contributed by atoms with Gasteiger partial charge in [0.15, 0.2) is 0 Å². The highest BCUT2D eigenvalue weighted by Gasteiger charge is 1.86. The normalized spacial score (nSPS) is 11.3. The maximum absolute atomic E-state index is 5.17. The number of unbranched alkanes of at least 4 members (excludes halogenated alkanes) is 5. The molecule has 0 atom stereocenters. The molecule has 0 saturated carbocycles. The van der Waals surface area contributed by atoms with E-state index >= 15 is 0 Å². The fourth-order valence-corrected chi connectivity index (χ4v) is 1.40. The lowest BCUT2D eigenvalue weighted by Gasteiger charge is -1.99. The van der Waals surface area contributed by atoms with Gasteiger partial charge < -0.3 is 9.47 Å². The van der Waals surface area contributed by atoms with Gasteiger partial charge in [0.05, 0.1) is 6.61 Å². The van der Waals surface area contributed by atoms with Gasteiger partial charge in [0.1, 0.15) is 6.79 Å². The lowest BCUT2D eigenvalue weighted by Crippen LogP contribution is -1.96. The molecular formula is C13H26O2. The lowest BCUT2D eigenvalue weighted by atomic mass is 10.1. The molecule has 0 radical (unpaired) electrons. The molecule has 0 saturated heterocycles. The van der Waals surface area contributed by atoms with Crippen LogP contribution in [0.1, 0.15) is 51.9 Å². The molecule has 0 aliphatic rings. The summed E-state index contributed by atoms with van der Waals surface area (Å²) in [4.78, 5) is 0. The monoisotopic (exact) mass is 214 g/mol. The second-order valence-electron chi connectivity index (χ2n) is 3.78. The summed E-state index contributed by atoms with van der Waals surface area (Å²) in [6, 6.07) is 0. The van der Waals surface area contributed by atoms with Gasteiger partial charge >= 0.3 is 0 Å². The fraction of sp³-hybridized carbons (Fsp3) is 0.846. The van der Waals surface area contributed by atoms with E-state index in [1.807, 2.05) is 0 Å². The van der Waals surface area contributed by atoms with Gasteiger partial charge in [0.2, 0.25) is 0 Å². The van der Waals surface area contributed by atoms with Crippen molar-refractivity contribution in [3.63, 3.8) is 0 Å². The van der Waals surface area contributed by atoms with Crippen LogP contribution in [0.15, 0.2) is 12.2 Å². The standard InChI is InChI=1S/C13H26O2/c1-3-4-5-6-7-8-9-10-11-12-15-13-14-2/h9-10H,3-8,11-13H2,1-2H3/b10-9-. The predicted molar refractivity (Wildman–Crippen MR) is 65.0 cm³/mol. The first kappa shape index (κ1) is 14.7. The van der Waals surface area contributed by atoms with Crippen LogP contribution >= 0.6 is 0 Å². The minimum absolute atomic E-state index is 0.408. The van der Waals surface area contributed by atoms with Crippen molar-refractivity contribution in [2.75, 3.05) is 20.5 Å². The Morgan fingerprint density at radius 2 is 1.67 bits per heavy atom. The molecule has 0 aromatic carbocycles. The smallest absolute Gasteiger partial charge is 0.146 e. The molecule has 0 heterocycles. The van der Waals surface area contributed by atoms with Crippen molar-refractivity contribution in [1.29, 1.82) is 0 Å². The highest BCUT2D eigenvalue weighted by molar-refractivity contribution is 4.81. The Labute approximate surface area is 94.7 Å². The highest BCUT2D eigenvalue weighted by atomic mass is 16.7. The Kier molecular flexibility index (Phi) is 13.4. The van der Waals surface area contributed by atoms with Gasteiger partial charge in [-0.15, -0.1) is 0 Å². The molecule has 2 heteroatoms. The zero-order valence-electron chi connectivity index (χ0n) is 10.3. The van der Waals surface area contributed by atoms with Crippen LogP contribution in [0.3, 0.4) is 0 Å². The fourth-order valence-electron chi connectivity index (χ4n) is 1.40. The van der Waals surface area contributed by atoms with Crippen LogP contribution in [-0.2, 0) is 9.47 Å². The number of hydrogen-bond donors (Lipinski definition) is 0. The summed E-state index contributed by atoms with van der Waals surface area (Å²) in [5.74, 6) is 0. The Balaban J connectivity index is 2.97. The molecule has 0 bridgehead atoms. The summed E-state index contributed by atoms with van der Waals surface area (Å²) < 4.78 is 9.95. The molecule has 90 valence electrons. The minimum Gasteiger partial charge on any atom is -0.359 e. The van der Waals surface area contributed by atoms with E-state index < -0.39 is 0 Å². The number of hydrogen-bond acceptors (Lipinski definition) is 2. The molecule has 0 aromatic rings. The van der Waals surface area contributed by atoms with E-state index in [1.165, 1.54) is 38.5 Å². The van der Waals surface area contributed by atoms with Crippen molar-refractivity contribution in [2.24, 2.45) is 0 Å². The van der Waals surface area contributed by atoms with Gasteiger partial charge in [-0.2, -0.15) is 0 Å². The summed E-state index contributed by atoms with van der Waals surface area (Å²) in [7, 11) is 1.64.